The molecule has 5 nitrogen and oxygen atoms in total. The zero-order valence-corrected chi connectivity index (χ0v) is 14.9. The van der Waals surface area contributed by atoms with Crippen molar-refractivity contribution in [3.8, 4) is 0 Å². The number of aromatic nitrogens is 3. The Morgan fingerprint density at radius 2 is 2.04 bits per heavy atom. The van der Waals surface area contributed by atoms with Gasteiger partial charge in [-0.1, -0.05) is 35.9 Å². The smallest absolute Gasteiger partial charge is 0.272 e. The molecule has 2 aromatic heterocycles. The monoisotopic (exact) mass is 346 g/mol. The molecule has 3 heterocycles. The maximum Gasteiger partial charge on any atom is 0.272 e. The number of nitrogens with one attached hydrogen (secondary N) is 1. The Labute approximate surface area is 153 Å². The Kier molecular flexibility index (Phi) is 4.52. The van der Waals surface area contributed by atoms with Gasteiger partial charge in [0.2, 0.25) is 0 Å². The van der Waals surface area contributed by atoms with E-state index in [0.717, 1.165) is 37.2 Å². The lowest BCUT2D eigenvalue weighted by molar-refractivity contribution is 0.0726. The summed E-state index contributed by atoms with van der Waals surface area (Å²) in [5.74, 6) is -0.00395. The first kappa shape index (κ1) is 16.5. The van der Waals surface area contributed by atoms with Crippen LogP contribution in [0.4, 0.5) is 0 Å². The van der Waals surface area contributed by atoms with Gasteiger partial charge in [-0.05, 0) is 43.5 Å². The third-order valence-corrected chi connectivity index (χ3v) is 4.92. The number of aromatic amines is 1. The average molecular weight is 346 g/mol. The van der Waals surface area contributed by atoms with Crippen LogP contribution in [0.15, 0.2) is 54.7 Å². The number of aryl methyl sites for hydroxylation is 1. The van der Waals surface area contributed by atoms with Gasteiger partial charge in [0.15, 0.2) is 0 Å². The highest BCUT2D eigenvalue weighted by atomic mass is 16.2. The number of benzene rings is 1. The molecule has 3 aromatic rings. The fourth-order valence-corrected chi connectivity index (χ4v) is 3.54. The van der Waals surface area contributed by atoms with Gasteiger partial charge in [0.1, 0.15) is 5.69 Å². The Morgan fingerprint density at radius 1 is 1.19 bits per heavy atom. The van der Waals surface area contributed by atoms with Gasteiger partial charge in [-0.25, -0.2) is 0 Å². The number of hydrogen-bond acceptors (Lipinski definition) is 3. The summed E-state index contributed by atoms with van der Waals surface area (Å²) in [6.45, 7) is 2.85. The number of likely N-dealkylation sites (tertiary alicyclic amines) is 1. The van der Waals surface area contributed by atoms with E-state index in [2.05, 4.69) is 47.5 Å². The minimum Gasteiger partial charge on any atom is -0.329 e. The van der Waals surface area contributed by atoms with Crippen molar-refractivity contribution in [1.29, 1.82) is 0 Å². The van der Waals surface area contributed by atoms with Gasteiger partial charge in [-0.15, -0.1) is 0 Å². The number of H-pyrrole nitrogens is 1. The number of carbonyl (C=O) groups is 1. The maximum atomic E-state index is 12.7. The van der Waals surface area contributed by atoms with E-state index in [1.807, 2.05) is 17.0 Å². The maximum absolute atomic E-state index is 12.7. The molecule has 132 valence electrons. The van der Waals surface area contributed by atoms with E-state index in [0.29, 0.717) is 5.69 Å². The molecule has 0 aliphatic carbocycles. The molecule has 0 radical (unpaired) electrons. The normalized spacial score (nSPS) is 16.8. The molecule has 0 bridgehead atoms. The highest BCUT2D eigenvalue weighted by molar-refractivity contribution is 5.92. The summed E-state index contributed by atoms with van der Waals surface area (Å²) < 4.78 is 0. The molecule has 1 amide bonds. The molecule has 1 aromatic carbocycles. The van der Waals surface area contributed by atoms with Crippen LogP contribution in [0.5, 0.6) is 0 Å². The highest BCUT2D eigenvalue weighted by Gasteiger charge is 2.32. The van der Waals surface area contributed by atoms with Crippen molar-refractivity contribution in [3.05, 3.63) is 82.9 Å². The van der Waals surface area contributed by atoms with Gasteiger partial charge in [0.05, 0.1) is 11.7 Å². The van der Waals surface area contributed by atoms with E-state index in [-0.39, 0.29) is 11.9 Å². The van der Waals surface area contributed by atoms with E-state index in [1.54, 1.807) is 12.3 Å². The number of nitrogens with zero attached hydrogens (tertiary/aromatic N) is 3. The lowest BCUT2D eigenvalue weighted by Gasteiger charge is -2.24. The van der Waals surface area contributed by atoms with Crippen LogP contribution < -0.4 is 0 Å². The summed E-state index contributed by atoms with van der Waals surface area (Å²) in [4.78, 5) is 19.5. The van der Waals surface area contributed by atoms with Crippen LogP contribution in [0.25, 0.3) is 0 Å². The molecule has 0 saturated carbocycles. The molecule has 5 heteroatoms. The van der Waals surface area contributed by atoms with Crippen LogP contribution in [0.3, 0.4) is 0 Å². The second kappa shape index (κ2) is 7.12. The summed E-state index contributed by atoms with van der Waals surface area (Å²) in [6, 6.07) is 16.4. The molecule has 1 saturated heterocycles. The fraction of sp³-hybridized carbons (Fsp3) is 0.286. The Bertz CT molecular complexity index is 887. The van der Waals surface area contributed by atoms with Crippen LogP contribution in [0, 0.1) is 6.92 Å². The van der Waals surface area contributed by atoms with Crippen LogP contribution in [-0.4, -0.2) is 32.5 Å². The topological polar surface area (TPSA) is 61.9 Å². The average Bonchev–Trinajstić information content (AvgIpc) is 3.35. The van der Waals surface area contributed by atoms with Crippen molar-refractivity contribution in [2.24, 2.45) is 0 Å². The zero-order chi connectivity index (χ0) is 17.9. The largest absolute Gasteiger partial charge is 0.329 e. The second-order valence-corrected chi connectivity index (χ2v) is 6.84. The summed E-state index contributed by atoms with van der Waals surface area (Å²) in [5, 5.41) is 6.66. The molecule has 1 aliphatic heterocycles. The molecular formula is C21H22N4O. The molecular weight excluding hydrogens is 324 g/mol. The first-order chi connectivity index (χ1) is 12.7. The molecule has 26 heavy (non-hydrogen) atoms. The van der Waals surface area contributed by atoms with Gasteiger partial charge in [-0.3, -0.25) is 14.9 Å². The molecule has 1 fully saturated rings. The fourth-order valence-electron chi connectivity index (χ4n) is 3.54. The number of rotatable bonds is 4. The summed E-state index contributed by atoms with van der Waals surface area (Å²) >= 11 is 0. The van der Waals surface area contributed by atoms with Crippen LogP contribution in [-0.2, 0) is 6.42 Å². The molecule has 0 unspecified atom stereocenters. The third-order valence-electron chi connectivity index (χ3n) is 4.92. The lowest BCUT2D eigenvalue weighted by atomic mass is 10.1. The van der Waals surface area contributed by atoms with Crippen molar-refractivity contribution >= 4 is 5.91 Å². The molecule has 1 N–H and O–H groups in total. The zero-order valence-electron chi connectivity index (χ0n) is 14.9. The summed E-state index contributed by atoms with van der Waals surface area (Å²) in [7, 11) is 0. The van der Waals surface area contributed by atoms with Crippen LogP contribution in [0.1, 0.15) is 51.9 Å². The summed E-state index contributed by atoms with van der Waals surface area (Å²) in [5.41, 5.74) is 5.05. The number of amides is 1. The van der Waals surface area contributed by atoms with E-state index >= 15 is 0 Å². The number of hydrogen-bond donors (Lipinski definition) is 1. The quantitative estimate of drug-likeness (QED) is 0.784. The van der Waals surface area contributed by atoms with Crippen molar-refractivity contribution in [2.75, 3.05) is 6.54 Å². The van der Waals surface area contributed by atoms with Crippen molar-refractivity contribution < 1.29 is 4.79 Å². The van der Waals surface area contributed by atoms with E-state index < -0.39 is 0 Å². The standard InChI is InChI=1S/C21H22N4O/c1-15-7-9-16(10-8-15)14-17-4-2-5-18(23-17)20-6-3-13-25(20)21(26)19-11-12-22-24-19/h2,4-5,7-12,20H,3,6,13-14H2,1H3,(H,22,24)/t20-/m0/s1. The minimum absolute atomic E-state index is 0.00395. The van der Waals surface area contributed by atoms with Crippen molar-refractivity contribution in [1.82, 2.24) is 20.1 Å². The van der Waals surface area contributed by atoms with Crippen LogP contribution >= 0.6 is 0 Å². The molecule has 1 aliphatic rings. The summed E-state index contributed by atoms with van der Waals surface area (Å²) in [6.07, 6.45) is 4.35. The third kappa shape index (κ3) is 3.38. The lowest BCUT2D eigenvalue weighted by Crippen LogP contribution is -2.31. The van der Waals surface area contributed by atoms with E-state index in [4.69, 9.17) is 4.98 Å². The first-order valence-electron chi connectivity index (χ1n) is 9.02. The Morgan fingerprint density at radius 3 is 2.81 bits per heavy atom. The Hall–Kier alpha value is -2.95. The van der Waals surface area contributed by atoms with Gasteiger partial charge in [-0.2, -0.15) is 5.10 Å². The first-order valence-corrected chi connectivity index (χ1v) is 9.02. The highest BCUT2D eigenvalue weighted by Crippen LogP contribution is 2.32. The molecule has 0 spiro atoms. The van der Waals surface area contributed by atoms with Crippen molar-refractivity contribution in [2.45, 2.75) is 32.2 Å². The van der Waals surface area contributed by atoms with Gasteiger partial charge < -0.3 is 4.90 Å². The van der Waals surface area contributed by atoms with Gasteiger partial charge >= 0.3 is 0 Å². The van der Waals surface area contributed by atoms with Gasteiger partial charge in [0, 0.05) is 24.9 Å². The Balaban J connectivity index is 1.55. The van der Waals surface area contributed by atoms with Crippen molar-refractivity contribution in [3.63, 3.8) is 0 Å². The SMILES string of the molecule is Cc1ccc(Cc2cccc([C@@H]3CCCN3C(=O)c3ccn[nH]3)n2)cc1. The number of carbonyl (C=O) groups excluding carboxylic acids is 1. The number of pyridine rings is 1. The van der Waals surface area contributed by atoms with E-state index in [9.17, 15) is 4.79 Å². The minimum atomic E-state index is -0.00395. The van der Waals surface area contributed by atoms with Crippen LogP contribution in [0.2, 0.25) is 0 Å². The van der Waals surface area contributed by atoms with E-state index in [1.165, 1.54) is 11.1 Å². The van der Waals surface area contributed by atoms with Gasteiger partial charge in [0.25, 0.3) is 5.91 Å². The second-order valence-electron chi connectivity index (χ2n) is 6.84. The predicted molar refractivity (Wildman–Crippen MR) is 99.8 cm³/mol. The molecule has 4 rings (SSSR count). The predicted octanol–water partition coefficient (Wildman–Crippen LogP) is 3.68. The molecule has 1 atom stereocenters.